The molecular formula is C12H16ClN3O. The molecule has 1 fully saturated rings. The first-order valence-electron chi connectivity index (χ1n) is 5.78. The van der Waals surface area contributed by atoms with Gasteiger partial charge in [0.15, 0.2) is 0 Å². The highest BCUT2D eigenvalue weighted by molar-refractivity contribution is 6.32. The van der Waals surface area contributed by atoms with Crippen LogP contribution in [0.3, 0.4) is 0 Å². The van der Waals surface area contributed by atoms with E-state index in [9.17, 15) is 4.79 Å². The van der Waals surface area contributed by atoms with E-state index in [-0.39, 0.29) is 11.1 Å². The van der Waals surface area contributed by atoms with Gasteiger partial charge in [-0.2, -0.15) is 0 Å². The minimum Gasteiger partial charge on any atom is -0.397 e. The molecule has 0 saturated heterocycles. The number of hydrogen-bond acceptors (Lipinski definition) is 3. The maximum Gasteiger partial charge on any atom is 0.257 e. The minimum atomic E-state index is -0.0956. The van der Waals surface area contributed by atoms with Crippen LogP contribution in [0.15, 0.2) is 12.3 Å². The van der Waals surface area contributed by atoms with Crippen molar-refractivity contribution in [2.24, 2.45) is 0 Å². The van der Waals surface area contributed by atoms with Gasteiger partial charge >= 0.3 is 0 Å². The number of carbonyl (C=O) groups is 1. The van der Waals surface area contributed by atoms with Crippen LogP contribution < -0.4 is 5.73 Å². The first kappa shape index (κ1) is 12.2. The number of nitrogens with two attached hydrogens (primary N) is 1. The predicted octanol–water partition coefficient (Wildman–Crippen LogP) is 2.33. The monoisotopic (exact) mass is 253 g/mol. The number of hydrogen-bond donors (Lipinski definition) is 1. The summed E-state index contributed by atoms with van der Waals surface area (Å²) >= 11 is 5.93. The van der Waals surface area contributed by atoms with Gasteiger partial charge in [-0.05, 0) is 18.9 Å². The lowest BCUT2D eigenvalue weighted by atomic mass is 10.1. The largest absolute Gasteiger partial charge is 0.397 e. The molecule has 0 aromatic carbocycles. The summed E-state index contributed by atoms with van der Waals surface area (Å²) in [6, 6.07) is 1.91. The third-order valence-corrected chi connectivity index (χ3v) is 3.58. The van der Waals surface area contributed by atoms with Crippen molar-refractivity contribution < 1.29 is 4.79 Å². The van der Waals surface area contributed by atoms with E-state index in [0.29, 0.717) is 17.3 Å². The van der Waals surface area contributed by atoms with Crippen molar-refractivity contribution in [2.45, 2.75) is 31.7 Å². The fourth-order valence-electron chi connectivity index (χ4n) is 2.26. The molecular weight excluding hydrogens is 238 g/mol. The lowest BCUT2D eigenvalue weighted by Gasteiger charge is -2.24. The topological polar surface area (TPSA) is 59.2 Å². The number of rotatable bonds is 2. The lowest BCUT2D eigenvalue weighted by Crippen LogP contribution is -2.35. The van der Waals surface area contributed by atoms with E-state index in [1.54, 1.807) is 11.0 Å². The first-order valence-corrected chi connectivity index (χ1v) is 6.15. The zero-order valence-electron chi connectivity index (χ0n) is 9.82. The van der Waals surface area contributed by atoms with Crippen molar-refractivity contribution in [1.29, 1.82) is 0 Å². The molecule has 92 valence electrons. The van der Waals surface area contributed by atoms with Crippen LogP contribution in [0, 0.1) is 0 Å². The first-order chi connectivity index (χ1) is 8.09. The molecule has 0 spiro atoms. The van der Waals surface area contributed by atoms with Crippen LogP contribution in [0.25, 0.3) is 0 Å². The fraction of sp³-hybridized carbons (Fsp3) is 0.500. The molecule has 4 nitrogen and oxygen atoms in total. The summed E-state index contributed by atoms with van der Waals surface area (Å²) < 4.78 is 0. The van der Waals surface area contributed by atoms with E-state index >= 15 is 0 Å². The SMILES string of the molecule is CN(C(=O)c1cc(N)cnc1Cl)C1CCCC1. The van der Waals surface area contributed by atoms with Crippen LogP contribution >= 0.6 is 11.6 Å². The number of halogens is 1. The van der Waals surface area contributed by atoms with Gasteiger partial charge in [0.25, 0.3) is 5.91 Å². The van der Waals surface area contributed by atoms with E-state index in [1.807, 2.05) is 7.05 Å². The van der Waals surface area contributed by atoms with Gasteiger partial charge in [0.1, 0.15) is 5.15 Å². The van der Waals surface area contributed by atoms with E-state index in [4.69, 9.17) is 17.3 Å². The van der Waals surface area contributed by atoms with Crippen molar-refractivity contribution in [3.8, 4) is 0 Å². The van der Waals surface area contributed by atoms with Crippen LogP contribution in [0.4, 0.5) is 5.69 Å². The Hall–Kier alpha value is -1.29. The van der Waals surface area contributed by atoms with Crippen molar-refractivity contribution >= 4 is 23.2 Å². The second-order valence-corrected chi connectivity index (χ2v) is 4.82. The highest BCUT2D eigenvalue weighted by Gasteiger charge is 2.25. The van der Waals surface area contributed by atoms with Gasteiger partial charge in [-0.15, -0.1) is 0 Å². The number of anilines is 1. The summed E-state index contributed by atoms with van der Waals surface area (Å²) in [5.74, 6) is -0.0956. The van der Waals surface area contributed by atoms with E-state index in [2.05, 4.69) is 4.98 Å². The Morgan fingerprint density at radius 2 is 2.18 bits per heavy atom. The van der Waals surface area contributed by atoms with E-state index in [1.165, 1.54) is 19.0 Å². The molecule has 5 heteroatoms. The molecule has 1 aliphatic carbocycles. The van der Waals surface area contributed by atoms with Crippen molar-refractivity contribution in [3.63, 3.8) is 0 Å². The molecule has 0 unspecified atom stereocenters. The number of aromatic nitrogens is 1. The summed E-state index contributed by atoms with van der Waals surface area (Å²) in [7, 11) is 1.82. The molecule has 1 aromatic heterocycles. The average Bonchev–Trinajstić information content (AvgIpc) is 2.84. The molecule has 17 heavy (non-hydrogen) atoms. The maximum absolute atomic E-state index is 12.3. The number of carbonyl (C=O) groups excluding carboxylic acids is 1. The summed E-state index contributed by atoms with van der Waals surface area (Å²) in [5, 5.41) is 0.217. The van der Waals surface area contributed by atoms with Crippen molar-refractivity contribution in [2.75, 3.05) is 12.8 Å². The number of amides is 1. The quantitative estimate of drug-likeness (QED) is 0.823. The Kier molecular flexibility index (Phi) is 3.52. The zero-order chi connectivity index (χ0) is 12.4. The molecule has 1 aliphatic rings. The average molecular weight is 254 g/mol. The smallest absolute Gasteiger partial charge is 0.257 e. The van der Waals surface area contributed by atoms with Gasteiger partial charge in [-0.1, -0.05) is 24.4 Å². The Labute approximate surface area is 106 Å². The minimum absolute atomic E-state index is 0.0956. The van der Waals surface area contributed by atoms with Crippen LogP contribution in [0.2, 0.25) is 5.15 Å². The molecule has 0 atom stereocenters. The highest BCUT2D eigenvalue weighted by Crippen LogP contribution is 2.25. The Morgan fingerprint density at radius 3 is 2.82 bits per heavy atom. The molecule has 2 rings (SSSR count). The Balaban J connectivity index is 2.20. The molecule has 1 saturated carbocycles. The molecule has 0 bridgehead atoms. The third-order valence-electron chi connectivity index (χ3n) is 3.28. The maximum atomic E-state index is 12.3. The lowest BCUT2D eigenvalue weighted by molar-refractivity contribution is 0.0735. The standard InChI is InChI=1S/C12H16ClN3O/c1-16(9-4-2-3-5-9)12(17)10-6-8(14)7-15-11(10)13/h6-7,9H,2-5,14H2,1H3. The normalized spacial score (nSPS) is 16.1. The van der Waals surface area contributed by atoms with Crippen LogP contribution in [0.1, 0.15) is 36.0 Å². The zero-order valence-corrected chi connectivity index (χ0v) is 10.6. The number of nitrogen functional groups attached to an aromatic ring is 1. The van der Waals surface area contributed by atoms with Gasteiger partial charge in [-0.25, -0.2) is 4.98 Å². The highest BCUT2D eigenvalue weighted by atomic mass is 35.5. The fourth-order valence-corrected chi connectivity index (χ4v) is 2.45. The van der Waals surface area contributed by atoms with Crippen molar-refractivity contribution in [3.05, 3.63) is 23.0 Å². The van der Waals surface area contributed by atoms with Gasteiger partial charge in [0, 0.05) is 13.1 Å². The molecule has 1 aromatic rings. The summed E-state index contributed by atoms with van der Waals surface area (Å²) in [5.41, 5.74) is 6.47. The second kappa shape index (κ2) is 4.92. The van der Waals surface area contributed by atoms with Gasteiger partial charge in [0.05, 0.1) is 17.4 Å². The van der Waals surface area contributed by atoms with Gasteiger partial charge in [0.2, 0.25) is 0 Å². The summed E-state index contributed by atoms with van der Waals surface area (Å²) in [6.07, 6.45) is 5.95. The molecule has 1 heterocycles. The third kappa shape index (κ3) is 2.52. The van der Waals surface area contributed by atoms with Crippen LogP contribution in [-0.4, -0.2) is 28.9 Å². The molecule has 0 aliphatic heterocycles. The summed E-state index contributed by atoms with van der Waals surface area (Å²) in [6.45, 7) is 0. The Bertz CT molecular complexity index is 430. The summed E-state index contributed by atoms with van der Waals surface area (Å²) in [4.78, 5) is 17.9. The van der Waals surface area contributed by atoms with E-state index < -0.39 is 0 Å². The van der Waals surface area contributed by atoms with Crippen LogP contribution in [0.5, 0.6) is 0 Å². The van der Waals surface area contributed by atoms with Crippen LogP contribution in [-0.2, 0) is 0 Å². The van der Waals surface area contributed by atoms with Crippen molar-refractivity contribution in [1.82, 2.24) is 9.88 Å². The van der Waals surface area contributed by atoms with Gasteiger partial charge < -0.3 is 10.6 Å². The molecule has 0 radical (unpaired) electrons. The second-order valence-electron chi connectivity index (χ2n) is 4.46. The molecule has 1 amide bonds. The number of pyridine rings is 1. The van der Waals surface area contributed by atoms with Gasteiger partial charge in [-0.3, -0.25) is 4.79 Å². The molecule has 2 N–H and O–H groups in total. The van der Waals surface area contributed by atoms with E-state index in [0.717, 1.165) is 12.8 Å². The number of nitrogens with zero attached hydrogens (tertiary/aromatic N) is 2. The Morgan fingerprint density at radius 1 is 1.53 bits per heavy atom. The predicted molar refractivity (Wildman–Crippen MR) is 68.0 cm³/mol.